The first-order valence-electron chi connectivity index (χ1n) is 10.2. The van der Waals surface area contributed by atoms with Crippen LogP contribution in [0.3, 0.4) is 0 Å². The Bertz CT molecular complexity index is 1060. The molecule has 0 unspecified atom stereocenters. The largest absolute Gasteiger partial charge is 0.261 e. The highest BCUT2D eigenvalue weighted by atomic mass is 14.8. The SMILES string of the molecule is CC1(C)c2cccc(c2)-c2cncc(n2)C(C)(C)c2cccc(c2)-c2cncc1n2. The quantitative estimate of drug-likeness (QED) is 0.393. The van der Waals surface area contributed by atoms with Crippen LogP contribution in [0.5, 0.6) is 0 Å². The molecular weight excluding hydrogens is 368 g/mol. The molecule has 148 valence electrons. The first kappa shape index (κ1) is 18.6. The van der Waals surface area contributed by atoms with Crippen LogP contribution < -0.4 is 0 Å². The summed E-state index contributed by atoms with van der Waals surface area (Å²) in [5.74, 6) is 0. The van der Waals surface area contributed by atoms with Crippen molar-refractivity contribution in [2.75, 3.05) is 0 Å². The highest BCUT2D eigenvalue weighted by molar-refractivity contribution is 5.63. The third-order valence-corrected chi connectivity index (χ3v) is 6.31. The summed E-state index contributed by atoms with van der Waals surface area (Å²) in [6.07, 6.45) is 7.43. The van der Waals surface area contributed by atoms with Gasteiger partial charge in [-0.3, -0.25) is 9.97 Å². The van der Waals surface area contributed by atoms with E-state index >= 15 is 0 Å². The minimum absolute atomic E-state index is 0.301. The van der Waals surface area contributed by atoms with Crippen molar-refractivity contribution < 1.29 is 0 Å². The van der Waals surface area contributed by atoms with Gasteiger partial charge in [0.25, 0.3) is 0 Å². The van der Waals surface area contributed by atoms with Crippen LogP contribution in [0.15, 0.2) is 73.3 Å². The Kier molecular flexibility index (Phi) is 4.07. The van der Waals surface area contributed by atoms with Gasteiger partial charge in [0.2, 0.25) is 0 Å². The summed E-state index contributed by atoms with van der Waals surface area (Å²) in [6.45, 7) is 8.75. The van der Waals surface area contributed by atoms with Crippen molar-refractivity contribution in [3.05, 3.63) is 95.8 Å². The van der Waals surface area contributed by atoms with E-state index in [2.05, 4.69) is 86.2 Å². The van der Waals surface area contributed by atoms with E-state index < -0.39 is 0 Å². The molecule has 0 amide bonds. The standard InChI is InChI=1S/C26H24N4/c1-25(2)19-9-5-7-17(11-19)22-14-28-16-24(30-22)26(3,4)20-10-6-8-18(12-20)21-13-27-15-23(25)29-21/h5-16H,1-4H3. The maximum Gasteiger partial charge on any atom is 0.0889 e. The molecule has 2 aromatic carbocycles. The van der Waals surface area contributed by atoms with E-state index in [9.17, 15) is 0 Å². The maximum absolute atomic E-state index is 5.03. The summed E-state index contributed by atoms with van der Waals surface area (Å²) < 4.78 is 0. The van der Waals surface area contributed by atoms with E-state index in [1.807, 2.05) is 24.8 Å². The lowest BCUT2D eigenvalue weighted by Gasteiger charge is -2.27. The fraction of sp³-hybridized carbons (Fsp3) is 0.231. The second-order valence-electron chi connectivity index (χ2n) is 8.99. The fourth-order valence-electron chi connectivity index (χ4n) is 4.04. The van der Waals surface area contributed by atoms with Crippen molar-refractivity contribution in [3.63, 3.8) is 0 Å². The smallest absolute Gasteiger partial charge is 0.0889 e. The van der Waals surface area contributed by atoms with Crippen LogP contribution in [0, 0.1) is 0 Å². The number of aromatic nitrogens is 4. The molecule has 4 aromatic rings. The topological polar surface area (TPSA) is 51.6 Å². The Balaban J connectivity index is 1.85. The van der Waals surface area contributed by atoms with Crippen molar-refractivity contribution in [1.82, 2.24) is 19.9 Å². The fourth-order valence-corrected chi connectivity index (χ4v) is 4.04. The first-order chi connectivity index (χ1) is 14.4. The minimum atomic E-state index is -0.301. The van der Waals surface area contributed by atoms with E-state index in [4.69, 9.17) is 9.97 Å². The normalized spacial score (nSPS) is 15.9. The Morgan fingerprint density at radius 1 is 0.567 bits per heavy atom. The zero-order valence-electron chi connectivity index (χ0n) is 17.7. The molecule has 0 aliphatic carbocycles. The Morgan fingerprint density at radius 3 is 1.43 bits per heavy atom. The van der Waals surface area contributed by atoms with Gasteiger partial charge in [-0.05, 0) is 23.3 Å². The average Bonchev–Trinajstić information content (AvgIpc) is 2.79. The summed E-state index contributed by atoms with van der Waals surface area (Å²) in [7, 11) is 0. The van der Waals surface area contributed by atoms with Gasteiger partial charge in [0.15, 0.2) is 0 Å². The van der Waals surface area contributed by atoms with Gasteiger partial charge >= 0.3 is 0 Å². The van der Waals surface area contributed by atoms with Crippen molar-refractivity contribution in [1.29, 1.82) is 0 Å². The molecule has 1 aliphatic heterocycles. The van der Waals surface area contributed by atoms with Gasteiger partial charge in [-0.25, -0.2) is 9.97 Å². The monoisotopic (exact) mass is 392 g/mol. The predicted molar refractivity (Wildman–Crippen MR) is 119 cm³/mol. The molecule has 4 nitrogen and oxygen atoms in total. The van der Waals surface area contributed by atoms with Gasteiger partial charge in [-0.1, -0.05) is 64.1 Å². The summed E-state index contributed by atoms with van der Waals surface area (Å²) >= 11 is 0. The number of hydrogen-bond acceptors (Lipinski definition) is 4. The lowest BCUT2D eigenvalue weighted by molar-refractivity contribution is 0.610. The molecule has 4 heteroatoms. The number of fused-ring (bicyclic) bond motifs is 10. The molecule has 2 aromatic heterocycles. The van der Waals surface area contributed by atoms with Crippen LogP contribution in [0.1, 0.15) is 50.2 Å². The molecule has 0 radical (unpaired) electrons. The predicted octanol–water partition coefficient (Wildman–Crippen LogP) is 5.57. The molecule has 0 atom stereocenters. The highest BCUT2D eigenvalue weighted by Gasteiger charge is 2.29. The molecule has 1 aliphatic rings. The molecule has 0 fully saturated rings. The Hall–Kier alpha value is -3.40. The molecule has 30 heavy (non-hydrogen) atoms. The number of hydrogen-bond donors (Lipinski definition) is 0. The number of benzene rings is 2. The van der Waals surface area contributed by atoms with Crippen LogP contribution in [0.4, 0.5) is 0 Å². The van der Waals surface area contributed by atoms with Crippen LogP contribution in [-0.2, 0) is 10.8 Å². The van der Waals surface area contributed by atoms with E-state index in [0.29, 0.717) is 0 Å². The van der Waals surface area contributed by atoms with Gasteiger partial charge in [0.1, 0.15) is 0 Å². The number of rotatable bonds is 0. The number of nitrogens with zero attached hydrogens (tertiary/aromatic N) is 4. The molecule has 3 heterocycles. The Labute approximate surface area is 177 Å². The van der Waals surface area contributed by atoms with Crippen LogP contribution in [0.2, 0.25) is 0 Å². The van der Waals surface area contributed by atoms with E-state index in [-0.39, 0.29) is 10.8 Å². The molecule has 0 saturated heterocycles. The minimum Gasteiger partial charge on any atom is -0.261 e. The maximum atomic E-state index is 5.03. The van der Waals surface area contributed by atoms with E-state index in [0.717, 1.165) is 33.9 Å². The van der Waals surface area contributed by atoms with Crippen LogP contribution >= 0.6 is 0 Å². The van der Waals surface area contributed by atoms with Gasteiger partial charge in [-0.15, -0.1) is 0 Å². The third-order valence-electron chi connectivity index (χ3n) is 6.31. The van der Waals surface area contributed by atoms with Crippen molar-refractivity contribution in [3.8, 4) is 22.5 Å². The van der Waals surface area contributed by atoms with E-state index in [1.54, 1.807) is 0 Å². The van der Waals surface area contributed by atoms with Gasteiger partial charge < -0.3 is 0 Å². The van der Waals surface area contributed by atoms with Gasteiger partial charge in [0, 0.05) is 34.4 Å². The van der Waals surface area contributed by atoms with E-state index in [1.165, 1.54) is 11.1 Å². The van der Waals surface area contributed by atoms with Crippen LogP contribution in [-0.4, -0.2) is 19.9 Å². The van der Waals surface area contributed by atoms with Gasteiger partial charge in [0.05, 0.1) is 35.2 Å². The zero-order valence-corrected chi connectivity index (χ0v) is 17.7. The second-order valence-corrected chi connectivity index (χ2v) is 8.99. The van der Waals surface area contributed by atoms with Crippen molar-refractivity contribution in [2.45, 2.75) is 38.5 Å². The van der Waals surface area contributed by atoms with Crippen molar-refractivity contribution in [2.24, 2.45) is 0 Å². The molecule has 8 bridgehead atoms. The molecule has 0 saturated carbocycles. The lowest BCUT2D eigenvalue weighted by atomic mass is 9.79. The second kappa shape index (κ2) is 6.56. The molecule has 0 spiro atoms. The van der Waals surface area contributed by atoms with Gasteiger partial charge in [-0.2, -0.15) is 0 Å². The molecule has 5 rings (SSSR count). The zero-order chi connectivity index (χ0) is 20.9. The Morgan fingerprint density at radius 2 is 1.00 bits per heavy atom. The highest BCUT2D eigenvalue weighted by Crippen LogP contribution is 2.36. The average molecular weight is 393 g/mol. The summed E-state index contributed by atoms with van der Waals surface area (Å²) in [6, 6.07) is 17.0. The summed E-state index contributed by atoms with van der Waals surface area (Å²) in [5.41, 5.74) is 7.50. The summed E-state index contributed by atoms with van der Waals surface area (Å²) in [5, 5.41) is 0. The van der Waals surface area contributed by atoms with Crippen LogP contribution in [0.25, 0.3) is 22.5 Å². The molecular formula is C26H24N4. The first-order valence-corrected chi connectivity index (χ1v) is 10.2. The third kappa shape index (κ3) is 2.91. The lowest BCUT2D eigenvalue weighted by Crippen LogP contribution is -2.22. The summed E-state index contributed by atoms with van der Waals surface area (Å²) in [4.78, 5) is 19.1. The van der Waals surface area contributed by atoms with Crippen molar-refractivity contribution >= 4 is 0 Å². The molecule has 0 N–H and O–H groups in total.